The Morgan fingerprint density at radius 2 is 1.96 bits per heavy atom. The van der Waals surface area contributed by atoms with Gasteiger partial charge in [0.1, 0.15) is 0 Å². The standard InChI is InChI=1S/C19H25ClN6O/c1-4-14-17(20)24-19(16(22-14)18(21)27)23-15-6-5-13(11-12(15)2)26-9-7-25(3)8-10-26/h5-6,11H,4,7-10H2,1-3H3,(H2,21,27)(H,23,24). The number of hydrogen-bond acceptors (Lipinski definition) is 6. The molecule has 1 saturated heterocycles. The zero-order chi connectivity index (χ0) is 19.6. The van der Waals surface area contributed by atoms with Crippen molar-refractivity contribution in [3.63, 3.8) is 0 Å². The number of carbonyl (C=O) groups is 1. The van der Waals surface area contributed by atoms with Crippen LogP contribution in [0.2, 0.25) is 5.15 Å². The average molecular weight is 389 g/mol. The van der Waals surface area contributed by atoms with Crippen molar-refractivity contribution in [1.29, 1.82) is 0 Å². The van der Waals surface area contributed by atoms with Crippen LogP contribution in [-0.4, -0.2) is 54.0 Å². The number of nitrogens with one attached hydrogen (secondary N) is 1. The molecule has 0 unspecified atom stereocenters. The smallest absolute Gasteiger partial charge is 0.271 e. The topological polar surface area (TPSA) is 87.4 Å². The lowest BCUT2D eigenvalue weighted by Crippen LogP contribution is -2.44. The van der Waals surface area contributed by atoms with Gasteiger partial charge in [-0.05, 0) is 44.2 Å². The Morgan fingerprint density at radius 3 is 2.56 bits per heavy atom. The number of piperazine rings is 1. The molecule has 8 heteroatoms. The van der Waals surface area contributed by atoms with E-state index in [0.717, 1.165) is 37.4 Å². The molecule has 7 nitrogen and oxygen atoms in total. The number of nitrogens with two attached hydrogens (primary N) is 1. The highest BCUT2D eigenvalue weighted by atomic mass is 35.5. The average Bonchev–Trinajstić information content (AvgIpc) is 2.64. The Hall–Kier alpha value is -2.38. The molecule has 0 aliphatic carbocycles. The van der Waals surface area contributed by atoms with Gasteiger partial charge in [0.25, 0.3) is 5.91 Å². The van der Waals surface area contributed by atoms with Crippen LogP contribution < -0.4 is 16.0 Å². The van der Waals surface area contributed by atoms with E-state index in [2.05, 4.69) is 44.3 Å². The van der Waals surface area contributed by atoms with Gasteiger partial charge in [0.15, 0.2) is 16.7 Å². The normalized spacial score (nSPS) is 15.0. The summed E-state index contributed by atoms with van der Waals surface area (Å²) in [6, 6.07) is 6.18. The lowest BCUT2D eigenvalue weighted by Gasteiger charge is -2.34. The van der Waals surface area contributed by atoms with Gasteiger partial charge in [0.2, 0.25) is 0 Å². The molecular weight excluding hydrogens is 364 g/mol. The molecule has 0 bridgehead atoms. The third-order valence-electron chi connectivity index (χ3n) is 4.82. The summed E-state index contributed by atoms with van der Waals surface area (Å²) in [4.78, 5) is 25.1. The minimum absolute atomic E-state index is 0.0961. The Morgan fingerprint density at radius 1 is 1.26 bits per heavy atom. The van der Waals surface area contributed by atoms with Crippen molar-refractivity contribution in [3.05, 3.63) is 40.3 Å². The van der Waals surface area contributed by atoms with Crippen molar-refractivity contribution in [3.8, 4) is 0 Å². The van der Waals surface area contributed by atoms with Crippen molar-refractivity contribution in [1.82, 2.24) is 14.9 Å². The number of aromatic nitrogens is 2. The third-order valence-corrected chi connectivity index (χ3v) is 5.12. The lowest BCUT2D eigenvalue weighted by molar-refractivity contribution is 0.0996. The molecule has 2 aromatic rings. The molecule has 27 heavy (non-hydrogen) atoms. The minimum atomic E-state index is -0.636. The van der Waals surface area contributed by atoms with Gasteiger partial charge < -0.3 is 20.9 Å². The zero-order valence-corrected chi connectivity index (χ0v) is 16.7. The van der Waals surface area contributed by atoms with Crippen LogP contribution in [0, 0.1) is 6.92 Å². The van der Waals surface area contributed by atoms with Crippen LogP contribution in [0.4, 0.5) is 17.2 Å². The molecule has 1 fully saturated rings. The number of benzene rings is 1. The number of carbonyl (C=O) groups excluding carboxylic acids is 1. The molecule has 1 amide bonds. The number of primary amides is 1. The predicted octanol–water partition coefficient (Wildman–Crippen LogP) is 2.60. The van der Waals surface area contributed by atoms with Crippen LogP contribution in [0.25, 0.3) is 0 Å². The summed E-state index contributed by atoms with van der Waals surface area (Å²) >= 11 is 6.17. The maximum absolute atomic E-state index is 11.8. The first-order valence-corrected chi connectivity index (χ1v) is 9.44. The fourth-order valence-corrected chi connectivity index (χ4v) is 3.37. The summed E-state index contributed by atoms with van der Waals surface area (Å²) in [6.45, 7) is 8.04. The Labute approximate surface area is 164 Å². The Bertz CT molecular complexity index is 848. The van der Waals surface area contributed by atoms with Gasteiger partial charge in [-0.25, -0.2) is 9.97 Å². The zero-order valence-electron chi connectivity index (χ0n) is 15.9. The quantitative estimate of drug-likeness (QED) is 0.818. The van der Waals surface area contributed by atoms with E-state index in [1.54, 1.807) is 0 Å². The third kappa shape index (κ3) is 4.31. The van der Waals surface area contributed by atoms with Crippen LogP contribution in [0.15, 0.2) is 18.2 Å². The number of likely N-dealkylation sites (N-methyl/N-ethyl adjacent to an activating group) is 1. The highest BCUT2D eigenvalue weighted by Crippen LogP contribution is 2.27. The van der Waals surface area contributed by atoms with E-state index in [4.69, 9.17) is 17.3 Å². The van der Waals surface area contributed by atoms with Gasteiger partial charge in [-0.15, -0.1) is 0 Å². The SMILES string of the molecule is CCc1nc(C(N)=O)c(Nc2ccc(N3CCN(C)CC3)cc2C)nc1Cl. The number of aryl methyl sites for hydroxylation is 2. The van der Waals surface area contributed by atoms with Crippen LogP contribution in [0.3, 0.4) is 0 Å². The van der Waals surface area contributed by atoms with E-state index >= 15 is 0 Å². The summed E-state index contributed by atoms with van der Waals surface area (Å²) in [7, 11) is 2.14. The largest absolute Gasteiger partial charge is 0.369 e. The number of rotatable bonds is 5. The molecule has 144 valence electrons. The molecule has 0 atom stereocenters. The molecule has 3 N–H and O–H groups in total. The maximum atomic E-state index is 11.8. The Balaban J connectivity index is 1.86. The number of hydrogen-bond donors (Lipinski definition) is 2. The fraction of sp³-hybridized carbons (Fsp3) is 0.421. The molecule has 0 spiro atoms. The molecule has 0 saturated carbocycles. The number of halogens is 1. The highest BCUT2D eigenvalue weighted by Gasteiger charge is 2.18. The van der Waals surface area contributed by atoms with E-state index in [9.17, 15) is 4.79 Å². The summed E-state index contributed by atoms with van der Waals surface area (Å²) in [5, 5.41) is 3.44. The van der Waals surface area contributed by atoms with Gasteiger partial charge in [-0.2, -0.15) is 0 Å². The molecule has 3 rings (SSSR count). The van der Waals surface area contributed by atoms with E-state index in [-0.39, 0.29) is 16.7 Å². The van der Waals surface area contributed by atoms with Gasteiger partial charge in [-0.1, -0.05) is 18.5 Å². The fourth-order valence-electron chi connectivity index (χ4n) is 3.11. The van der Waals surface area contributed by atoms with Gasteiger partial charge in [0.05, 0.1) is 5.69 Å². The first kappa shape index (κ1) is 19.4. The van der Waals surface area contributed by atoms with Crippen LogP contribution in [0.5, 0.6) is 0 Å². The molecule has 1 aromatic heterocycles. The number of anilines is 3. The number of nitrogens with zero attached hydrogens (tertiary/aromatic N) is 4. The molecule has 1 aliphatic rings. The Kier molecular flexibility index (Phi) is 5.82. The van der Waals surface area contributed by atoms with E-state index in [1.807, 2.05) is 19.9 Å². The van der Waals surface area contributed by atoms with Gasteiger partial charge in [0, 0.05) is 37.6 Å². The second kappa shape index (κ2) is 8.10. The van der Waals surface area contributed by atoms with Crippen LogP contribution in [-0.2, 0) is 6.42 Å². The first-order chi connectivity index (χ1) is 12.9. The second-order valence-electron chi connectivity index (χ2n) is 6.79. The first-order valence-electron chi connectivity index (χ1n) is 9.06. The molecular formula is C19H25ClN6O. The van der Waals surface area contributed by atoms with Crippen LogP contribution in [0.1, 0.15) is 28.7 Å². The van der Waals surface area contributed by atoms with Gasteiger partial charge in [-0.3, -0.25) is 4.79 Å². The van der Waals surface area contributed by atoms with Crippen molar-refractivity contribution in [2.75, 3.05) is 43.4 Å². The van der Waals surface area contributed by atoms with E-state index < -0.39 is 5.91 Å². The van der Waals surface area contributed by atoms with E-state index in [1.165, 1.54) is 5.69 Å². The maximum Gasteiger partial charge on any atom is 0.271 e. The van der Waals surface area contributed by atoms with Crippen molar-refractivity contribution >= 4 is 34.7 Å². The second-order valence-corrected chi connectivity index (χ2v) is 7.15. The van der Waals surface area contributed by atoms with Gasteiger partial charge >= 0.3 is 0 Å². The number of amides is 1. The van der Waals surface area contributed by atoms with Crippen molar-refractivity contribution in [2.45, 2.75) is 20.3 Å². The monoisotopic (exact) mass is 388 g/mol. The van der Waals surface area contributed by atoms with Crippen LogP contribution >= 0.6 is 11.6 Å². The predicted molar refractivity (Wildman–Crippen MR) is 109 cm³/mol. The minimum Gasteiger partial charge on any atom is -0.369 e. The summed E-state index contributed by atoms with van der Waals surface area (Å²) in [6.07, 6.45) is 0.575. The molecule has 2 heterocycles. The lowest BCUT2D eigenvalue weighted by atomic mass is 10.1. The van der Waals surface area contributed by atoms with Crippen molar-refractivity contribution in [2.24, 2.45) is 5.73 Å². The summed E-state index contributed by atoms with van der Waals surface area (Å²) in [5.74, 6) is -0.358. The summed E-state index contributed by atoms with van der Waals surface area (Å²) < 4.78 is 0. The molecule has 1 aliphatic heterocycles. The molecule has 1 aromatic carbocycles. The van der Waals surface area contributed by atoms with E-state index in [0.29, 0.717) is 12.1 Å². The molecule has 0 radical (unpaired) electrons. The van der Waals surface area contributed by atoms with Crippen molar-refractivity contribution < 1.29 is 4.79 Å². The highest BCUT2D eigenvalue weighted by molar-refractivity contribution is 6.30. The summed E-state index contributed by atoms with van der Waals surface area (Å²) in [5.41, 5.74) is 9.19.